The molecule has 0 aliphatic carbocycles. The zero-order valence-corrected chi connectivity index (χ0v) is 19.7. The molecule has 32 heavy (non-hydrogen) atoms. The van der Waals surface area contributed by atoms with E-state index < -0.39 is 0 Å². The van der Waals surface area contributed by atoms with E-state index in [1.165, 1.54) is 41.3 Å². The van der Waals surface area contributed by atoms with Gasteiger partial charge in [-0.05, 0) is 67.2 Å². The number of pyridine rings is 1. The van der Waals surface area contributed by atoms with E-state index in [9.17, 15) is 0 Å². The highest BCUT2D eigenvalue weighted by Crippen LogP contribution is 2.37. The number of aromatic nitrogens is 3. The molecule has 0 saturated carbocycles. The van der Waals surface area contributed by atoms with Gasteiger partial charge in [-0.15, -0.1) is 0 Å². The standard InChI is InChI=1S/C26H34N6/c1-17(2)20-5-6-23(32-14-10-19(32)4)22-16-28-25(15-21(20)22)29-24-7-11-27-26(30-24)31-12-8-18(3)9-13-31/h5-7,11,15-19H,8-10,12-14H2,1-4H3,(H,27,28,29,30). The maximum absolute atomic E-state index is 4.79. The number of piperidine rings is 1. The zero-order valence-electron chi connectivity index (χ0n) is 19.7. The number of rotatable bonds is 5. The van der Waals surface area contributed by atoms with Crippen molar-refractivity contribution in [3.05, 3.63) is 42.2 Å². The first-order chi connectivity index (χ1) is 15.5. The Morgan fingerprint density at radius 1 is 0.938 bits per heavy atom. The van der Waals surface area contributed by atoms with Crippen molar-refractivity contribution < 1.29 is 0 Å². The molecule has 6 heteroatoms. The summed E-state index contributed by atoms with van der Waals surface area (Å²) in [6.07, 6.45) is 7.52. The van der Waals surface area contributed by atoms with E-state index in [0.29, 0.717) is 12.0 Å². The summed E-state index contributed by atoms with van der Waals surface area (Å²) < 4.78 is 0. The fourth-order valence-electron chi connectivity index (χ4n) is 4.85. The largest absolute Gasteiger partial charge is 0.368 e. The minimum atomic E-state index is 0.447. The van der Waals surface area contributed by atoms with Crippen LogP contribution in [0, 0.1) is 5.92 Å². The summed E-state index contributed by atoms with van der Waals surface area (Å²) in [4.78, 5) is 18.8. The third-order valence-electron chi connectivity index (χ3n) is 7.13. The molecule has 1 unspecified atom stereocenters. The Labute approximate surface area is 191 Å². The molecule has 2 aromatic heterocycles. The van der Waals surface area contributed by atoms with Crippen LogP contribution in [0.1, 0.15) is 58.4 Å². The molecule has 2 saturated heterocycles. The Bertz CT molecular complexity index is 1100. The lowest BCUT2D eigenvalue weighted by Crippen LogP contribution is -2.45. The zero-order chi connectivity index (χ0) is 22.2. The molecule has 0 radical (unpaired) electrons. The third kappa shape index (κ3) is 3.98. The van der Waals surface area contributed by atoms with Crippen molar-refractivity contribution in [2.24, 2.45) is 5.92 Å². The summed E-state index contributed by atoms with van der Waals surface area (Å²) >= 11 is 0. The van der Waals surface area contributed by atoms with Crippen molar-refractivity contribution in [3.8, 4) is 0 Å². The Morgan fingerprint density at radius 3 is 2.44 bits per heavy atom. The first-order valence-electron chi connectivity index (χ1n) is 12.0. The molecule has 0 spiro atoms. The summed E-state index contributed by atoms with van der Waals surface area (Å²) in [6.45, 7) is 12.3. The molecular weight excluding hydrogens is 396 g/mol. The van der Waals surface area contributed by atoms with E-state index >= 15 is 0 Å². The van der Waals surface area contributed by atoms with Crippen LogP contribution in [-0.4, -0.2) is 40.6 Å². The van der Waals surface area contributed by atoms with Gasteiger partial charge in [-0.2, -0.15) is 4.98 Å². The topological polar surface area (TPSA) is 57.2 Å². The first-order valence-corrected chi connectivity index (χ1v) is 12.0. The normalized spacial score (nSPS) is 19.5. The van der Waals surface area contributed by atoms with Crippen LogP contribution in [0.5, 0.6) is 0 Å². The van der Waals surface area contributed by atoms with Gasteiger partial charge in [-0.1, -0.05) is 26.8 Å². The fraction of sp³-hybridized carbons (Fsp3) is 0.500. The second-order valence-corrected chi connectivity index (χ2v) is 9.81. The number of hydrogen-bond acceptors (Lipinski definition) is 6. The van der Waals surface area contributed by atoms with Crippen LogP contribution in [0.25, 0.3) is 10.8 Å². The van der Waals surface area contributed by atoms with Crippen LogP contribution in [0.4, 0.5) is 23.3 Å². The number of anilines is 4. The summed E-state index contributed by atoms with van der Waals surface area (Å²) in [5, 5.41) is 5.94. The van der Waals surface area contributed by atoms with Gasteiger partial charge in [0.05, 0.1) is 0 Å². The molecule has 2 aliphatic heterocycles. The molecule has 4 heterocycles. The third-order valence-corrected chi connectivity index (χ3v) is 7.13. The van der Waals surface area contributed by atoms with Crippen molar-refractivity contribution >= 4 is 34.0 Å². The highest BCUT2D eigenvalue weighted by molar-refractivity contribution is 5.98. The number of nitrogens with zero attached hydrogens (tertiary/aromatic N) is 5. The Balaban J connectivity index is 1.45. The van der Waals surface area contributed by atoms with Gasteiger partial charge < -0.3 is 15.1 Å². The quantitative estimate of drug-likeness (QED) is 0.558. The Morgan fingerprint density at radius 2 is 1.75 bits per heavy atom. The Hall–Kier alpha value is -2.89. The number of hydrogen-bond donors (Lipinski definition) is 1. The van der Waals surface area contributed by atoms with Gasteiger partial charge in [0, 0.05) is 49.1 Å². The minimum Gasteiger partial charge on any atom is -0.368 e. The lowest BCUT2D eigenvalue weighted by molar-refractivity contribution is 0.434. The lowest BCUT2D eigenvalue weighted by atomic mass is 9.94. The minimum absolute atomic E-state index is 0.447. The SMILES string of the molecule is CC1CCN(c2nccc(Nc3cc4c(C(C)C)ccc(N5CCC5C)c4cn3)n2)CC1. The molecule has 5 rings (SSSR count). The first kappa shape index (κ1) is 21.0. The molecule has 3 aromatic rings. The lowest BCUT2D eigenvalue weighted by Gasteiger charge is -2.41. The van der Waals surface area contributed by atoms with Crippen LogP contribution >= 0.6 is 0 Å². The number of benzene rings is 1. The van der Waals surface area contributed by atoms with E-state index in [0.717, 1.165) is 43.1 Å². The van der Waals surface area contributed by atoms with Gasteiger partial charge in [0.2, 0.25) is 5.95 Å². The second kappa shape index (κ2) is 8.57. The fourth-order valence-corrected chi connectivity index (χ4v) is 4.85. The molecular formula is C26H34N6. The van der Waals surface area contributed by atoms with Crippen LogP contribution in [-0.2, 0) is 0 Å². The monoisotopic (exact) mass is 430 g/mol. The maximum atomic E-state index is 4.79. The van der Waals surface area contributed by atoms with Crippen LogP contribution in [0.3, 0.4) is 0 Å². The summed E-state index contributed by atoms with van der Waals surface area (Å²) in [6, 6.07) is 9.26. The van der Waals surface area contributed by atoms with Crippen molar-refractivity contribution in [1.29, 1.82) is 0 Å². The van der Waals surface area contributed by atoms with Gasteiger partial charge in [0.25, 0.3) is 0 Å². The van der Waals surface area contributed by atoms with Crippen LogP contribution < -0.4 is 15.1 Å². The maximum Gasteiger partial charge on any atom is 0.227 e. The molecule has 1 atom stereocenters. The Kier molecular flexibility index (Phi) is 5.62. The number of nitrogens with one attached hydrogen (secondary N) is 1. The average molecular weight is 431 g/mol. The van der Waals surface area contributed by atoms with E-state index in [-0.39, 0.29) is 0 Å². The van der Waals surface area contributed by atoms with E-state index in [4.69, 9.17) is 9.97 Å². The molecule has 0 amide bonds. The molecule has 2 fully saturated rings. The molecule has 0 bridgehead atoms. The van der Waals surface area contributed by atoms with Crippen molar-refractivity contribution in [1.82, 2.24) is 15.0 Å². The smallest absolute Gasteiger partial charge is 0.227 e. The van der Waals surface area contributed by atoms with Crippen molar-refractivity contribution in [2.45, 2.75) is 58.9 Å². The second-order valence-electron chi connectivity index (χ2n) is 9.81. The van der Waals surface area contributed by atoms with Crippen LogP contribution in [0.15, 0.2) is 36.7 Å². The molecule has 1 aromatic carbocycles. The summed E-state index contributed by atoms with van der Waals surface area (Å²) in [5.74, 6) is 3.65. The summed E-state index contributed by atoms with van der Waals surface area (Å²) in [7, 11) is 0. The predicted molar refractivity (Wildman–Crippen MR) is 133 cm³/mol. The van der Waals surface area contributed by atoms with Gasteiger partial charge in [0.1, 0.15) is 11.6 Å². The van der Waals surface area contributed by atoms with Gasteiger partial charge in [-0.3, -0.25) is 0 Å². The van der Waals surface area contributed by atoms with E-state index in [1.807, 2.05) is 18.5 Å². The molecule has 2 aliphatic rings. The van der Waals surface area contributed by atoms with Gasteiger partial charge in [-0.25, -0.2) is 9.97 Å². The highest BCUT2D eigenvalue weighted by Gasteiger charge is 2.26. The van der Waals surface area contributed by atoms with Crippen molar-refractivity contribution in [2.75, 3.05) is 34.8 Å². The predicted octanol–water partition coefficient (Wildman–Crippen LogP) is 5.73. The average Bonchev–Trinajstić information content (AvgIpc) is 2.78. The van der Waals surface area contributed by atoms with Crippen LogP contribution in [0.2, 0.25) is 0 Å². The number of fused-ring (bicyclic) bond motifs is 1. The molecule has 1 N–H and O–H groups in total. The van der Waals surface area contributed by atoms with Gasteiger partial charge >= 0.3 is 0 Å². The van der Waals surface area contributed by atoms with Gasteiger partial charge in [0.15, 0.2) is 0 Å². The molecule has 168 valence electrons. The highest BCUT2D eigenvalue weighted by atomic mass is 15.3. The summed E-state index contributed by atoms with van der Waals surface area (Å²) in [5.41, 5.74) is 2.65. The van der Waals surface area contributed by atoms with Crippen molar-refractivity contribution in [3.63, 3.8) is 0 Å². The van der Waals surface area contributed by atoms with E-state index in [1.54, 1.807) is 0 Å². The van der Waals surface area contributed by atoms with E-state index in [2.05, 4.69) is 66.0 Å². The molecule has 6 nitrogen and oxygen atoms in total.